The SMILES string of the molecule is C=CCCCCCCCCCCCCCCCC(=O)OC[C@H](CO[C@@H]1O[C@H](CO[C@@H]2O[C@H](CO)[C@H](O)C(O)C2O)[C@H](O)C(O)C1O)OC(=O)CCCCCCC/C=C/C/C=C/CCCC. The molecule has 2 aliphatic rings. The highest BCUT2D eigenvalue weighted by molar-refractivity contribution is 5.70. The fourth-order valence-electron chi connectivity index (χ4n) is 7.80. The van der Waals surface area contributed by atoms with E-state index in [9.17, 15) is 45.3 Å². The van der Waals surface area contributed by atoms with Crippen LogP contribution < -0.4 is 0 Å². The molecule has 0 aromatic carbocycles. The van der Waals surface area contributed by atoms with Crippen molar-refractivity contribution >= 4 is 11.9 Å². The first-order valence-electron chi connectivity index (χ1n) is 25.0. The topological polar surface area (TPSA) is 231 Å². The van der Waals surface area contributed by atoms with E-state index in [0.29, 0.717) is 12.8 Å². The van der Waals surface area contributed by atoms with Crippen LogP contribution in [0.2, 0.25) is 0 Å². The quantitative estimate of drug-likeness (QED) is 0.0197. The molecular weight excluding hydrogens is 841 g/mol. The molecule has 15 nitrogen and oxygen atoms in total. The Morgan fingerprint density at radius 3 is 1.54 bits per heavy atom. The summed E-state index contributed by atoms with van der Waals surface area (Å²) in [6.45, 7) is 4.06. The molecule has 0 amide bonds. The molecule has 378 valence electrons. The molecule has 2 saturated heterocycles. The van der Waals surface area contributed by atoms with Gasteiger partial charge < -0.3 is 64.2 Å². The van der Waals surface area contributed by atoms with Crippen LogP contribution in [0.25, 0.3) is 0 Å². The average Bonchev–Trinajstić information content (AvgIpc) is 3.30. The first kappa shape index (κ1) is 58.8. The van der Waals surface area contributed by atoms with Crippen LogP contribution in [0, 0.1) is 0 Å². The van der Waals surface area contributed by atoms with Crippen molar-refractivity contribution in [2.24, 2.45) is 0 Å². The van der Waals surface area contributed by atoms with E-state index >= 15 is 0 Å². The molecule has 0 bridgehead atoms. The molecule has 11 atom stereocenters. The molecule has 0 aliphatic carbocycles. The second kappa shape index (κ2) is 37.7. The maximum absolute atomic E-state index is 13.0. The summed E-state index contributed by atoms with van der Waals surface area (Å²) >= 11 is 0. The molecular formula is C50H88O15. The lowest BCUT2D eigenvalue weighted by Gasteiger charge is -2.42. The van der Waals surface area contributed by atoms with Gasteiger partial charge in [-0.25, -0.2) is 0 Å². The highest BCUT2D eigenvalue weighted by Gasteiger charge is 2.47. The van der Waals surface area contributed by atoms with E-state index < -0.39 is 92.7 Å². The predicted molar refractivity (Wildman–Crippen MR) is 247 cm³/mol. The van der Waals surface area contributed by atoms with Crippen molar-refractivity contribution in [2.75, 3.05) is 26.4 Å². The molecule has 0 aromatic heterocycles. The first-order chi connectivity index (χ1) is 31.5. The minimum Gasteiger partial charge on any atom is -0.462 e. The van der Waals surface area contributed by atoms with Gasteiger partial charge in [-0.2, -0.15) is 0 Å². The summed E-state index contributed by atoms with van der Waals surface area (Å²) in [6.07, 6.45) is 20.6. The van der Waals surface area contributed by atoms with E-state index in [1.165, 1.54) is 70.6 Å². The van der Waals surface area contributed by atoms with E-state index in [2.05, 4.69) is 37.8 Å². The zero-order valence-corrected chi connectivity index (χ0v) is 39.6. The van der Waals surface area contributed by atoms with Crippen LogP contribution in [-0.4, -0.2) is 142 Å². The minimum absolute atomic E-state index is 0.149. The number of hydrogen-bond acceptors (Lipinski definition) is 15. The van der Waals surface area contributed by atoms with Gasteiger partial charge >= 0.3 is 11.9 Å². The van der Waals surface area contributed by atoms with Crippen LogP contribution >= 0.6 is 0 Å². The number of aliphatic hydroxyl groups is 7. The van der Waals surface area contributed by atoms with Gasteiger partial charge in [0.05, 0.1) is 19.8 Å². The minimum atomic E-state index is -1.77. The number of allylic oxidation sites excluding steroid dienone is 5. The van der Waals surface area contributed by atoms with Gasteiger partial charge in [-0.1, -0.05) is 140 Å². The molecule has 0 aromatic rings. The van der Waals surface area contributed by atoms with Crippen LogP contribution in [0.1, 0.15) is 174 Å². The average molecular weight is 929 g/mol. The summed E-state index contributed by atoms with van der Waals surface area (Å²) < 4.78 is 33.5. The van der Waals surface area contributed by atoms with Crippen LogP contribution in [0.3, 0.4) is 0 Å². The van der Waals surface area contributed by atoms with Crippen molar-refractivity contribution in [3.05, 3.63) is 37.0 Å². The third-order valence-electron chi connectivity index (χ3n) is 12.0. The Hall–Kier alpha value is -2.28. The zero-order valence-electron chi connectivity index (χ0n) is 39.6. The Kier molecular flexibility index (Phi) is 34.1. The Morgan fingerprint density at radius 1 is 0.538 bits per heavy atom. The first-order valence-corrected chi connectivity index (χ1v) is 25.0. The molecule has 2 heterocycles. The van der Waals surface area contributed by atoms with Gasteiger partial charge in [0.15, 0.2) is 18.7 Å². The molecule has 15 heteroatoms. The van der Waals surface area contributed by atoms with Gasteiger partial charge in [0.1, 0.15) is 55.4 Å². The molecule has 65 heavy (non-hydrogen) atoms. The summed E-state index contributed by atoms with van der Waals surface area (Å²) in [5.74, 6) is -0.943. The number of aliphatic hydroxyl groups excluding tert-OH is 7. The second-order valence-electron chi connectivity index (χ2n) is 17.7. The molecule has 4 unspecified atom stereocenters. The van der Waals surface area contributed by atoms with Crippen molar-refractivity contribution < 1.29 is 73.8 Å². The van der Waals surface area contributed by atoms with Crippen LogP contribution in [0.5, 0.6) is 0 Å². The Morgan fingerprint density at radius 2 is 1.00 bits per heavy atom. The van der Waals surface area contributed by atoms with Crippen molar-refractivity contribution in [2.45, 2.75) is 241 Å². The van der Waals surface area contributed by atoms with Crippen LogP contribution in [0.4, 0.5) is 0 Å². The lowest BCUT2D eigenvalue weighted by molar-refractivity contribution is -0.332. The summed E-state index contributed by atoms with van der Waals surface area (Å²) in [6, 6.07) is 0. The molecule has 2 rings (SSSR count). The highest BCUT2D eigenvalue weighted by atomic mass is 16.7. The summed E-state index contributed by atoms with van der Waals surface area (Å²) in [4.78, 5) is 25.7. The van der Waals surface area contributed by atoms with Crippen LogP contribution in [-0.2, 0) is 38.0 Å². The largest absolute Gasteiger partial charge is 0.462 e. The Balaban J connectivity index is 1.82. The number of ether oxygens (including phenoxy) is 6. The molecule has 2 aliphatic heterocycles. The van der Waals surface area contributed by atoms with E-state index in [1.807, 2.05) is 6.08 Å². The van der Waals surface area contributed by atoms with E-state index in [-0.39, 0.29) is 26.1 Å². The Bertz CT molecular complexity index is 1260. The van der Waals surface area contributed by atoms with Crippen LogP contribution in [0.15, 0.2) is 37.0 Å². The van der Waals surface area contributed by atoms with Gasteiger partial charge in [-0.3, -0.25) is 9.59 Å². The van der Waals surface area contributed by atoms with Crippen molar-refractivity contribution in [3.63, 3.8) is 0 Å². The lowest BCUT2D eigenvalue weighted by Crippen LogP contribution is -2.61. The van der Waals surface area contributed by atoms with Gasteiger partial charge in [-0.05, 0) is 51.4 Å². The fourth-order valence-corrected chi connectivity index (χ4v) is 7.80. The fraction of sp³-hybridized carbons (Fsp3) is 0.840. The van der Waals surface area contributed by atoms with Crippen molar-refractivity contribution in [1.82, 2.24) is 0 Å². The third-order valence-corrected chi connectivity index (χ3v) is 12.0. The number of unbranched alkanes of at least 4 members (excludes halogenated alkanes) is 20. The molecule has 2 fully saturated rings. The molecule has 0 radical (unpaired) electrons. The van der Waals surface area contributed by atoms with Gasteiger partial charge in [0.25, 0.3) is 0 Å². The van der Waals surface area contributed by atoms with E-state index in [0.717, 1.165) is 70.6 Å². The van der Waals surface area contributed by atoms with Gasteiger partial charge in [-0.15, -0.1) is 6.58 Å². The summed E-state index contributed by atoms with van der Waals surface area (Å²) in [5, 5.41) is 72.0. The normalized spacial score (nSPS) is 26.5. The molecule has 7 N–H and O–H groups in total. The number of rotatable bonds is 39. The number of hydrogen-bond donors (Lipinski definition) is 7. The van der Waals surface area contributed by atoms with E-state index in [4.69, 9.17) is 28.4 Å². The monoisotopic (exact) mass is 929 g/mol. The maximum atomic E-state index is 13.0. The van der Waals surface area contributed by atoms with Gasteiger partial charge in [0, 0.05) is 12.8 Å². The smallest absolute Gasteiger partial charge is 0.306 e. The standard InChI is InChI=1S/C50H88O15/c1-3-5-7-9-11-13-15-17-19-21-22-24-26-28-30-32-41(52)60-35-38(63-42(53)33-31-29-27-25-23-20-18-16-14-12-10-8-6-4-2)36-61-49-48(59)46(57)44(55)40(65-49)37-62-50-47(58)45(56)43(54)39(34-51)64-50/h3,10,12,16,18,38-40,43-51,54-59H,1,4-9,11,13-15,17,19-37H2,2H3/b12-10+,18-16+/t38-,39-,40-,43+,44+,45?,46?,47?,48?,49-,50-/m1/s1. The zero-order chi connectivity index (χ0) is 47.5. The van der Waals surface area contributed by atoms with Crippen molar-refractivity contribution in [3.8, 4) is 0 Å². The number of carbonyl (C=O) groups excluding carboxylic acids is 2. The summed E-state index contributed by atoms with van der Waals surface area (Å²) in [5.41, 5.74) is 0. The third kappa shape index (κ3) is 26.2. The Labute approximate surface area is 389 Å². The van der Waals surface area contributed by atoms with Gasteiger partial charge in [0.2, 0.25) is 0 Å². The lowest BCUT2D eigenvalue weighted by atomic mass is 9.98. The predicted octanol–water partition coefficient (Wildman–Crippen LogP) is 6.54. The molecule has 0 saturated carbocycles. The number of esters is 2. The number of carbonyl (C=O) groups is 2. The maximum Gasteiger partial charge on any atom is 0.306 e. The van der Waals surface area contributed by atoms with E-state index in [1.54, 1.807) is 0 Å². The summed E-state index contributed by atoms with van der Waals surface area (Å²) in [7, 11) is 0. The molecule has 0 spiro atoms. The van der Waals surface area contributed by atoms with Crippen molar-refractivity contribution in [1.29, 1.82) is 0 Å². The second-order valence-corrected chi connectivity index (χ2v) is 17.7. The highest BCUT2D eigenvalue weighted by Crippen LogP contribution is 2.26.